The molecule has 0 bridgehead atoms. The van der Waals surface area contributed by atoms with Crippen LogP contribution in [0.3, 0.4) is 0 Å². The molecule has 1 saturated carbocycles. The van der Waals surface area contributed by atoms with Gasteiger partial charge in [0.25, 0.3) is 5.91 Å². The van der Waals surface area contributed by atoms with E-state index in [9.17, 15) is 14.4 Å². The van der Waals surface area contributed by atoms with Crippen molar-refractivity contribution < 1.29 is 14.4 Å². The lowest BCUT2D eigenvalue weighted by molar-refractivity contribution is -0.135. The molecule has 7 nitrogen and oxygen atoms in total. The van der Waals surface area contributed by atoms with Gasteiger partial charge in [0.1, 0.15) is 5.66 Å². The Hall–Kier alpha value is -2.57. The maximum atomic E-state index is 12.9. The number of carbonyl (C=O) groups excluding carboxylic acids is 3. The highest BCUT2D eigenvalue weighted by Gasteiger charge is 2.56. The van der Waals surface area contributed by atoms with Gasteiger partial charge < -0.3 is 20.4 Å². The molecule has 1 spiro atoms. The van der Waals surface area contributed by atoms with E-state index in [0.29, 0.717) is 31.0 Å². The van der Waals surface area contributed by atoms with Gasteiger partial charge in [-0.25, -0.2) is 0 Å². The van der Waals surface area contributed by atoms with Crippen molar-refractivity contribution in [3.05, 3.63) is 29.8 Å². The van der Waals surface area contributed by atoms with Gasteiger partial charge in [0, 0.05) is 44.7 Å². The second kappa shape index (κ2) is 5.71. The normalized spacial score (nSPS) is 34.5. The summed E-state index contributed by atoms with van der Waals surface area (Å²) >= 11 is 0. The molecule has 27 heavy (non-hydrogen) atoms. The van der Waals surface area contributed by atoms with Crippen LogP contribution in [0.15, 0.2) is 24.3 Å². The molecule has 2 N–H and O–H groups in total. The van der Waals surface area contributed by atoms with Gasteiger partial charge in [-0.05, 0) is 30.9 Å². The number of hydrogen-bond acceptors (Lipinski definition) is 4. The Bertz CT molecular complexity index is 840. The predicted octanol–water partition coefficient (Wildman–Crippen LogP) is 0.885. The quantitative estimate of drug-likeness (QED) is 0.771. The topological polar surface area (TPSA) is 81.8 Å². The average molecular weight is 368 g/mol. The molecule has 3 fully saturated rings. The van der Waals surface area contributed by atoms with Crippen LogP contribution in [-0.2, 0) is 9.59 Å². The smallest absolute Gasteiger partial charge is 0.255 e. The van der Waals surface area contributed by atoms with Gasteiger partial charge in [-0.2, -0.15) is 0 Å². The van der Waals surface area contributed by atoms with Crippen molar-refractivity contribution in [1.29, 1.82) is 0 Å². The lowest BCUT2D eigenvalue weighted by atomic mass is 9.89. The van der Waals surface area contributed by atoms with Crippen molar-refractivity contribution in [3.8, 4) is 0 Å². The van der Waals surface area contributed by atoms with Crippen LogP contribution in [0, 0.1) is 17.8 Å². The van der Waals surface area contributed by atoms with E-state index in [1.807, 2.05) is 29.2 Å². The van der Waals surface area contributed by atoms with E-state index < -0.39 is 5.66 Å². The molecule has 2 saturated heterocycles. The van der Waals surface area contributed by atoms with Crippen LogP contribution in [0.25, 0.3) is 0 Å². The van der Waals surface area contributed by atoms with E-state index in [0.717, 1.165) is 25.1 Å². The number of para-hydroxylation sites is 1. The number of fused-ring (bicyclic) bond motifs is 3. The lowest BCUT2D eigenvalue weighted by Gasteiger charge is -2.42. The molecule has 0 unspecified atom stereocenters. The van der Waals surface area contributed by atoms with Gasteiger partial charge in [-0.1, -0.05) is 12.1 Å². The fraction of sp³-hybridized carbons (Fsp3) is 0.550. The van der Waals surface area contributed by atoms with Gasteiger partial charge >= 0.3 is 0 Å². The van der Waals surface area contributed by atoms with Gasteiger partial charge in [-0.15, -0.1) is 0 Å². The summed E-state index contributed by atoms with van der Waals surface area (Å²) in [5.41, 5.74) is 1.06. The third-order valence-corrected chi connectivity index (χ3v) is 6.85. The number of benzene rings is 1. The van der Waals surface area contributed by atoms with Gasteiger partial charge in [-0.3, -0.25) is 14.4 Å². The third kappa shape index (κ3) is 2.44. The molecule has 5 rings (SSSR count). The van der Waals surface area contributed by atoms with Gasteiger partial charge in [0.15, 0.2) is 0 Å². The number of nitrogens with one attached hydrogen (secondary N) is 2. The Labute approximate surface area is 158 Å². The van der Waals surface area contributed by atoms with Crippen LogP contribution in [-0.4, -0.2) is 59.9 Å². The molecule has 3 amide bonds. The van der Waals surface area contributed by atoms with Crippen LogP contribution in [0.2, 0.25) is 0 Å². The number of amides is 3. The molecule has 4 aliphatic rings. The lowest BCUT2D eigenvalue weighted by Crippen LogP contribution is -2.61. The molecule has 1 aromatic carbocycles. The molecule has 0 radical (unpaired) electrons. The monoisotopic (exact) mass is 368 g/mol. The number of carbonyl (C=O) groups is 3. The molecule has 142 valence electrons. The zero-order chi connectivity index (χ0) is 18.8. The van der Waals surface area contributed by atoms with Crippen LogP contribution >= 0.6 is 0 Å². The molecule has 0 aromatic heterocycles. The minimum Gasteiger partial charge on any atom is -0.362 e. The summed E-state index contributed by atoms with van der Waals surface area (Å²) in [6.07, 6.45) is 2.16. The van der Waals surface area contributed by atoms with E-state index in [2.05, 4.69) is 10.6 Å². The van der Waals surface area contributed by atoms with E-state index in [1.54, 1.807) is 11.9 Å². The first-order valence-electron chi connectivity index (χ1n) is 9.69. The van der Waals surface area contributed by atoms with E-state index in [1.165, 1.54) is 0 Å². The number of likely N-dealkylation sites (tertiary alicyclic amines) is 2. The maximum Gasteiger partial charge on any atom is 0.255 e. The molecule has 3 aliphatic heterocycles. The van der Waals surface area contributed by atoms with Crippen molar-refractivity contribution in [3.63, 3.8) is 0 Å². The Balaban J connectivity index is 1.36. The molecule has 3 heterocycles. The summed E-state index contributed by atoms with van der Waals surface area (Å²) in [7, 11) is 1.75. The highest BCUT2D eigenvalue weighted by Crippen LogP contribution is 2.47. The number of anilines is 1. The fourth-order valence-electron chi connectivity index (χ4n) is 5.43. The highest BCUT2D eigenvalue weighted by molar-refractivity contribution is 6.02. The van der Waals surface area contributed by atoms with Crippen LogP contribution in [0.4, 0.5) is 5.69 Å². The largest absolute Gasteiger partial charge is 0.362 e. The summed E-state index contributed by atoms with van der Waals surface area (Å²) in [5.74, 6) is 0.418. The maximum absolute atomic E-state index is 12.9. The highest BCUT2D eigenvalue weighted by atomic mass is 16.2. The summed E-state index contributed by atoms with van der Waals surface area (Å²) < 4.78 is 0. The number of hydrogen-bond donors (Lipinski definition) is 2. The summed E-state index contributed by atoms with van der Waals surface area (Å²) in [5, 5.41) is 6.80. The fourth-order valence-corrected chi connectivity index (χ4v) is 5.43. The van der Waals surface area contributed by atoms with Gasteiger partial charge in [0.2, 0.25) is 11.8 Å². The SMILES string of the molecule is CN1C[C@@H](C(=O)N2C[C@H]3CC[C@]4(NC(=O)c5ccccc5N4)[C@H]3C2)CC1=O. The molecule has 1 aliphatic carbocycles. The second-order valence-electron chi connectivity index (χ2n) is 8.42. The first-order chi connectivity index (χ1) is 13.0. The summed E-state index contributed by atoms with van der Waals surface area (Å²) in [4.78, 5) is 41.0. The first-order valence-corrected chi connectivity index (χ1v) is 9.69. The Kier molecular flexibility index (Phi) is 3.51. The average Bonchev–Trinajstić information content (AvgIpc) is 3.31. The van der Waals surface area contributed by atoms with Crippen molar-refractivity contribution >= 4 is 23.4 Å². The van der Waals surface area contributed by atoms with E-state index >= 15 is 0 Å². The molecule has 4 atom stereocenters. The Morgan fingerprint density at radius 3 is 2.74 bits per heavy atom. The van der Waals surface area contributed by atoms with E-state index in [-0.39, 0.29) is 29.6 Å². The van der Waals surface area contributed by atoms with Crippen LogP contribution in [0.1, 0.15) is 29.6 Å². The standard InChI is InChI=1S/C20H24N4O3/c1-23-9-13(8-17(23)25)19(27)24-10-12-6-7-20(15(12)11-24)21-16-5-3-2-4-14(16)18(26)22-20/h2-5,12-13,15,21H,6-11H2,1H3,(H,22,26)/t12-,13+,15+,20+/m1/s1. The van der Waals surface area contributed by atoms with Crippen molar-refractivity contribution in [2.75, 3.05) is 32.0 Å². The molecule has 1 aromatic rings. The summed E-state index contributed by atoms with van der Waals surface area (Å²) in [6, 6.07) is 7.57. The van der Waals surface area contributed by atoms with Crippen molar-refractivity contribution in [2.45, 2.75) is 24.9 Å². The number of rotatable bonds is 1. The van der Waals surface area contributed by atoms with Gasteiger partial charge in [0.05, 0.1) is 11.5 Å². The number of nitrogens with zero attached hydrogens (tertiary/aromatic N) is 2. The minimum atomic E-state index is -0.479. The van der Waals surface area contributed by atoms with Crippen LogP contribution in [0.5, 0.6) is 0 Å². The zero-order valence-corrected chi connectivity index (χ0v) is 15.4. The minimum absolute atomic E-state index is 0.0435. The second-order valence-corrected chi connectivity index (χ2v) is 8.42. The van der Waals surface area contributed by atoms with Crippen molar-refractivity contribution in [2.24, 2.45) is 17.8 Å². The first kappa shape index (κ1) is 16.6. The molecular formula is C20H24N4O3. The zero-order valence-electron chi connectivity index (χ0n) is 15.4. The Morgan fingerprint density at radius 2 is 1.96 bits per heavy atom. The van der Waals surface area contributed by atoms with Crippen LogP contribution < -0.4 is 10.6 Å². The predicted molar refractivity (Wildman–Crippen MR) is 98.8 cm³/mol. The molecular weight excluding hydrogens is 344 g/mol. The summed E-state index contributed by atoms with van der Waals surface area (Å²) in [6.45, 7) is 1.86. The van der Waals surface area contributed by atoms with E-state index in [4.69, 9.17) is 0 Å². The molecule has 7 heteroatoms. The van der Waals surface area contributed by atoms with Crippen molar-refractivity contribution in [1.82, 2.24) is 15.1 Å². The third-order valence-electron chi connectivity index (χ3n) is 6.85. The Morgan fingerprint density at radius 1 is 1.15 bits per heavy atom.